The molecule has 0 radical (unpaired) electrons. The molecule has 0 heterocycles. The monoisotopic (exact) mass is 211 g/mol. The van der Waals surface area contributed by atoms with Crippen molar-refractivity contribution in [2.75, 3.05) is 7.11 Å². The van der Waals surface area contributed by atoms with Gasteiger partial charge in [0.2, 0.25) is 0 Å². The summed E-state index contributed by atoms with van der Waals surface area (Å²) < 4.78 is 8.17. The Bertz CT molecular complexity index is 282. The van der Waals surface area contributed by atoms with Crippen LogP contribution in [0.3, 0.4) is 0 Å². The summed E-state index contributed by atoms with van der Waals surface area (Å²) in [5.74, 6) is 0. The van der Waals surface area contributed by atoms with Crippen LogP contribution in [0.1, 0.15) is 25.0 Å². The molecule has 1 aromatic carbocycles. The van der Waals surface area contributed by atoms with E-state index in [1.165, 1.54) is 23.4 Å². The normalized spacial score (nSPS) is 11.7. The minimum atomic E-state index is -0.0750. The Morgan fingerprint density at radius 3 is 2.29 bits per heavy atom. The zero-order chi connectivity index (χ0) is 10.6. The fourth-order valence-corrected chi connectivity index (χ4v) is 1.58. The van der Waals surface area contributed by atoms with Gasteiger partial charge in [0.05, 0.1) is 19.3 Å². The first kappa shape index (κ1) is 11.6. The van der Waals surface area contributed by atoms with Crippen LogP contribution in [0.4, 0.5) is 0 Å². The number of hydrogen-bond acceptors (Lipinski definition) is 3. The van der Waals surface area contributed by atoms with Crippen molar-refractivity contribution in [2.45, 2.75) is 26.3 Å². The molecule has 0 fully saturated rings. The second kappa shape index (κ2) is 4.82. The Labute approximate surface area is 90.4 Å². The zero-order valence-electron chi connectivity index (χ0n) is 9.13. The van der Waals surface area contributed by atoms with Crippen LogP contribution in [-0.2, 0) is 9.72 Å². The molecule has 1 rings (SSSR count). The van der Waals surface area contributed by atoms with Gasteiger partial charge in [0, 0.05) is 5.54 Å². The average molecular weight is 211 g/mol. The van der Waals surface area contributed by atoms with E-state index in [2.05, 4.69) is 49.8 Å². The van der Waals surface area contributed by atoms with Gasteiger partial charge in [0.25, 0.3) is 0 Å². The van der Waals surface area contributed by atoms with E-state index in [1.807, 2.05) is 0 Å². The molecule has 3 heteroatoms. The lowest BCUT2D eigenvalue weighted by molar-refractivity contribution is 0.445. The van der Waals surface area contributed by atoms with Gasteiger partial charge in [-0.1, -0.05) is 29.8 Å². The summed E-state index contributed by atoms with van der Waals surface area (Å²) in [7, 11) is 1.66. The molecule has 0 spiro atoms. The van der Waals surface area contributed by atoms with E-state index < -0.39 is 0 Å². The van der Waals surface area contributed by atoms with Crippen molar-refractivity contribution in [3.63, 3.8) is 0 Å². The first-order chi connectivity index (χ1) is 6.56. The molecule has 0 aliphatic heterocycles. The van der Waals surface area contributed by atoms with Crippen LogP contribution in [-0.4, -0.2) is 7.11 Å². The Balaban J connectivity index is 2.75. The molecule has 0 aliphatic carbocycles. The first-order valence-corrected chi connectivity index (χ1v) is 5.34. The highest BCUT2D eigenvalue weighted by Crippen LogP contribution is 2.22. The molecule has 0 bridgehead atoms. The number of hydrogen-bond donors (Lipinski definition) is 1. The van der Waals surface area contributed by atoms with Crippen molar-refractivity contribution in [3.05, 3.63) is 35.4 Å². The van der Waals surface area contributed by atoms with Crippen LogP contribution in [0.2, 0.25) is 0 Å². The minimum absolute atomic E-state index is 0.0750. The lowest BCUT2D eigenvalue weighted by Crippen LogP contribution is -2.31. The van der Waals surface area contributed by atoms with E-state index in [4.69, 9.17) is 4.18 Å². The molecule has 14 heavy (non-hydrogen) atoms. The van der Waals surface area contributed by atoms with Gasteiger partial charge in [0.1, 0.15) is 0 Å². The van der Waals surface area contributed by atoms with Crippen LogP contribution < -0.4 is 4.72 Å². The third kappa shape index (κ3) is 3.01. The molecule has 1 N–H and O–H groups in total. The van der Waals surface area contributed by atoms with Crippen LogP contribution in [0.5, 0.6) is 0 Å². The summed E-state index contributed by atoms with van der Waals surface area (Å²) in [6.45, 7) is 6.35. The topological polar surface area (TPSA) is 21.3 Å². The van der Waals surface area contributed by atoms with Gasteiger partial charge in [-0.15, -0.1) is 0 Å². The molecule has 0 unspecified atom stereocenters. The third-order valence-corrected chi connectivity index (χ3v) is 2.91. The number of aryl methyl sites for hydroxylation is 1. The summed E-state index contributed by atoms with van der Waals surface area (Å²) in [4.78, 5) is 0. The maximum absolute atomic E-state index is 4.93. The van der Waals surface area contributed by atoms with Crippen LogP contribution in [0.15, 0.2) is 24.3 Å². The Hall–Kier alpha value is -0.510. The second-order valence-electron chi connectivity index (χ2n) is 3.84. The predicted molar refractivity (Wildman–Crippen MR) is 61.9 cm³/mol. The summed E-state index contributed by atoms with van der Waals surface area (Å²) in [6.07, 6.45) is 0. The standard InChI is InChI=1S/C11H17NOS/c1-9-5-7-10(8-6-9)11(2,3)12-14-13-4/h5-8,12H,1-4H3. The molecule has 1 aromatic rings. The van der Waals surface area contributed by atoms with Gasteiger partial charge in [-0.05, 0) is 26.3 Å². The SMILES string of the molecule is COSNC(C)(C)c1ccc(C)cc1. The predicted octanol–water partition coefficient (Wildman–Crippen LogP) is 3.03. The maximum atomic E-state index is 4.93. The summed E-state index contributed by atoms with van der Waals surface area (Å²) in [6, 6.07) is 8.52. The van der Waals surface area contributed by atoms with Crippen LogP contribution in [0, 0.1) is 6.92 Å². The van der Waals surface area contributed by atoms with Crippen molar-refractivity contribution in [1.29, 1.82) is 0 Å². The fraction of sp³-hybridized carbons (Fsp3) is 0.455. The largest absolute Gasteiger partial charge is 0.305 e. The van der Waals surface area contributed by atoms with E-state index in [9.17, 15) is 0 Å². The van der Waals surface area contributed by atoms with E-state index in [1.54, 1.807) is 7.11 Å². The van der Waals surface area contributed by atoms with Gasteiger partial charge in [-0.3, -0.25) is 0 Å². The zero-order valence-corrected chi connectivity index (χ0v) is 9.94. The van der Waals surface area contributed by atoms with Crippen molar-refractivity contribution in [1.82, 2.24) is 4.72 Å². The lowest BCUT2D eigenvalue weighted by Gasteiger charge is -2.25. The number of rotatable bonds is 4. The average Bonchev–Trinajstić information content (AvgIpc) is 2.16. The highest BCUT2D eigenvalue weighted by molar-refractivity contribution is 7.92. The molecular formula is C11H17NOS. The molecule has 0 aromatic heterocycles. The van der Waals surface area contributed by atoms with Crippen molar-refractivity contribution >= 4 is 12.2 Å². The van der Waals surface area contributed by atoms with Gasteiger partial charge in [-0.25, -0.2) is 4.72 Å². The van der Waals surface area contributed by atoms with E-state index in [0.29, 0.717) is 0 Å². The highest BCUT2D eigenvalue weighted by Gasteiger charge is 2.19. The van der Waals surface area contributed by atoms with Gasteiger partial charge in [0.15, 0.2) is 0 Å². The van der Waals surface area contributed by atoms with Gasteiger partial charge >= 0.3 is 0 Å². The van der Waals surface area contributed by atoms with E-state index in [0.717, 1.165) is 0 Å². The molecule has 78 valence electrons. The van der Waals surface area contributed by atoms with Crippen molar-refractivity contribution < 1.29 is 4.18 Å². The van der Waals surface area contributed by atoms with Crippen molar-refractivity contribution in [2.24, 2.45) is 0 Å². The first-order valence-electron chi connectivity index (χ1n) is 4.60. The Kier molecular flexibility index (Phi) is 3.98. The summed E-state index contributed by atoms with van der Waals surface area (Å²) in [5, 5.41) is 0. The molecule has 0 amide bonds. The van der Waals surface area contributed by atoms with E-state index in [-0.39, 0.29) is 5.54 Å². The maximum Gasteiger partial charge on any atom is 0.0794 e. The third-order valence-electron chi connectivity index (χ3n) is 2.15. The highest BCUT2D eigenvalue weighted by atomic mass is 32.2. The summed E-state index contributed by atoms with van der Waals surface area (Å²) in [5.41, 5.74) is 2.46. The Morgan fingerprint density at radius 1 is 1.21 bits per heavy atom. The quantitative estimate of drug-likeness (QED) is 0.611. The fourth-order valence-electron chi connectivity index (χ4n) is 1.17. The van der Waals surface area contributed by atoms with Crippen LogP contribution in [0.25, 0.3) is 0 Å². The molecule has 0 saturated heterocycles. The number of benzene rings is 1. The smallest absolute Gasteiger partial charge is 0.0794 e. The number of nitrogens with one attached hydrogen (secondary N) is 1. The second-order valence-corrected chi connectivity index (χ2v) is 4.55. The molecule has 0 atom stereocenters. The molecule has 0 aliphatic rings. The Morgan fingerprint density at radius 2 is 1.79 bits per heavy atom. The molecule has 2 nitrogen and oxygen atoms in total. The molecule has 0 saturated carbocycles. The summed E-state index contributed by atoms with van der Waals surface area (Å²) >= 11 is 1.26. The van der Waals surface area contributed by atoms with Crippen molar-refractivity contribution in [3.8, 4) is 0 Å². The lowest BCUT2D eigenvalue weighted by atomic mass is 9.95. The minimum Gasteiger partial charge on any atom is -0.305 e. The van der Waals surface area contributed by atoms with E-state index >= 15 is 0 Å². The van der Waals surface area contributed by atoms with Crippen LogP contribution >= 0.6 is 12.2 Å². The molecular weight excluding hydrogens is 194 g/mol. The van der Waals surface area contributed by atoms with Gasteiger partial charge in [-0.2, -0.15) is 0 Å². The van der Waals surface area contributed by atoms with Gasteiger partial charge < -0.3 is 4.18 Å².